The third kappa shape index (κ3) is 4.50. The molecule has 0 unspecified atom stereocenters. The number of hydrogen-bond acceptors (Lipinski definition) is 2. The van der Waals surface area contributed by atoms with Crippen molar-refractivity contribution in [2.24, 2.45) is 0 Å². The van der Waals surface area contributed by atoms with Crippen LogP contribution < -0.4 is 0 Å². The van der Waals surface area contributed by atoms with E-state index in [0.717, 1.165) is 77.9 Å². The Bertz CT molecular complexity index is 1380. The van der Waals surface area contributed by atoms with Crippen molar-refractivity contribution in [1.82, 2.24) is 4.90 Å². The number of fused-ring (bicyclic) bond motifs is 5. The van der Waals surface area contributed by atoms with Gasteiger partial charge in [-0.3, -0.25) is 4.79 Å². The smallest absolute Gasteiger partial charge is 0.163 e. The van der Waals surface area contributed by atoms with E-state index in [4.69, 9.17) is 0 Å². The quantitative estimate of drug-likeness (QED) is 0.379. The molecule has 0 saturated carbocycles. The summed E-state index contributed by atoms with van der Waals surface area (Å²) in [4.78, 5) is 15.0. The van der Waals surface area contributed by atoms with Gasteiger partial charge < -0.3 is 4.90 Å². The lowest BCUT2D eigenvalue weighted by molar-refractivity contribution is 0.0994. The molecule has 0 atom stereocenters. The largest absolute Gasteiger partial charge is 0.304 e. The number of allylic oxidation sites excluding steroid dienone is 5. The van der Waals surface area contributed by atoms with E-state index < -0.39 is 0 Å². The second-order valence-electron chi connectivity index (χ2n) is 9.87. The number of carbonyl (C=O) groups is 1. The maximum absolute atomic E-state index is 16.6. The van der Waals surface area contributed by atoms with Crippen molar-refractivity contribution in [3.8, 4) is 11.1 Å². The summed E-state index contributed by atoms with van der Waals surface area (Å²) in [6, 6.07) is 8.01. The summed E-state index contributed by atoms with van der Waals surface area (Å²) in [5.74, 6) is -0.0280. The zero-order chi connectivity index (χ0) is 25.2. The van der Waals surface area contributed by atoms with Gasteiger partial charge in [0, 0.05) is 29.7 Å². The minimum atomic E-state index is -0.193. The first kappa shape index (κ1) is 24.4. The highest BCUT2D eigenvalue weighted by molar-refractivity contribution is 6.04. The zero-order valence-corrected chi connectivity index (χ0v) is 21.6. The highest BCUT2D eigenvalue weighted by Crippen LogP contribution is 2.44. The topological polar surface area (TPSA) is 20.3 Å². The van der Waals surface area contributed by atoms with Crippen molar-refractivity contribution in [2.45, 2.75) is 52.9 Å². The fourth-order valence-electron chi connectivity index (χ4n) is 5.71. The molecule has 2 nitrogen and oxygen atoms in total. The lowest BCUT2D eigenvalue weighted by Crippen LogP contribution is -2.24. The molecule has 0 spiro atoms. The predicted molar refractivity (Wildman–Crippen MR) is 148 cm³/mol. The molecule has 36 heavy (non-hydrogen) atoms. The highest BCUT2D eigenvalue weighted by atomic mass is 19.1. The average Bonchev–Trinajstić information content (AvgIpc) is 3.05. The molecular weight excluding hydrogens is 445 g/mol. The Balaban J connectivity index is 1.68. The van der Waals surface area contributed by atoms with Crippen LogP contribution in [0.15, 0.2) is 65.4 Å². The van der Waals surface area contributed by atoms with E-state index in [1.807, 2.05) is 36.4 Å². The van der Waals surface area contributed by atoms with Crippen LogP contribution in [-0.4, -0.2) is 30.3 Å². The van der Waals surface area contributed by atoms with Gasteiger partial charge in [0.15, 0.2) is 5.78 Å². The predicted octanol–water partition coefficient (Wildman–Crippen LogP) is 7.74. The van der Waals surface area contributed by atoms with Gasteiger partial charge in [-0.2, -0.15) is 0 Å². The normalized spacial score (nSPS) is 16.1. The molecule has 0 saturated heterocycles. The summed E-state index contributed by atoms with van der Waals surface area (Å²) in [6.07, 6.45) is 13.8. The van der Waals surface area contributed by atoms with Crippen molar-refractivity contribution in [3.05, 3.63) is 99.1 Å². The molecule has 0 heterocycles. The summed E-state index contributed by atoms with van der Waals surface area (Å²) in [5, 5.41) is 0. The molecule has 0 fully saturated rings. The summed E-state index contributed by atoms with van der Waals surface area (Å²) in [7, 11) is 0. The third-order valence-electron chi connectivity index (χ3n) is 7.84. The van der Waals surface area contributed by atoms with Crippen LogP contribution in [0, 0.1) is 5.82 Å². The number of ketones is 1. The first-order chi connectivity index (χ1) is 17.5. The van der Waals surface area contributed by atoms with Crippen LogP contribution in [0.5, 0.6) is 0 Å². The number of carbonyl (C=O) groups excluding carboxylic acids is 1. The van der Waals surface area contributed by atoms with Crippen molar-refractivity contribution >= 4 is 17.4 Å². The minimum absolute atomic E-state index is 0.165. The van der Waals surface area contributed by atoms with Crippen LogP contribution in [0.3, 0.4) is 0 Å². The molecule has 0 bridgehead atoms. The molecule has 2 aromatic carbocycles. The zero-order valence-electron chi connectivity index (χ0n) is 21.6. The SMILES string of the molecule is CCC1=CC=C=CC(c2ccc3c(c2F)-c2c(ccc4c2CCC4=O)C=C(CCN(CC)CC)C3)=C1. The fraction of sp³-hybridized carbons (Fsp3) is 0.333. The Morgan fingerprint density at radius 1 is 0.972 bits per heavy atom. The van der Waals surface area contributed by atoms with Crippen molar-refractivity contribution in [2.75, 3.05) is 19.6 Å². The molecule has 3 aliphatic rings. The number of nitrogens with zero attached hydrogens (tertiary/aromatic N) is 1. The van der Waals surface area contributed by atoms with Gasteiger partial charge in [-0.1, -0.05) is 68.8 Å². The van der Waals surface area contributed by atoms with E-state index in [9.17, 15) is 4.79 Å². The number of hydrogen-bond donors (Lipinski definition) is 0. The molecule has 0 aliphatic heterocycles. The van der Waals surface area contributed by atoms with Crippen molar-refractivity contribution in [1.29, 1.82) is 0 Å². The summed E-state index contributed by atoms with van der Waals surface area (Å²) in [5.41, 5.74) is 12.5. The third-order valence-corrected chi connectivity index (χ3v) is 7.84. The molecule has 5 rings (SSSR count). The molecule has 0 aromatic heterocycles. The van der Waals surface area contributed by atoms with E-state index in [-0.39, 0.29) is 11.6 Å². The Morgan fingerprint density at radius 3 is 2.56 bits per heavy atom. The monoisotopic (exact) mass is 479 g/mol. The molecule has 0 N–H and O–H groups in total. The van der Waals surface area contributed by atoms with Gasteiger partial charge in [-0.05, 0) is 84.3 Å². The Hall–Kier alpha value is -3.26. The second kappa shape index (κ2) is 10.4. The Morgan fingerprint density at radius 2 is 1.78 bits per heavy atom. The molecule has 0 amide bonds. The van der Waals surface area contributed by atoms with Crippen LogP contribution in [0.4, 0.5) is 4.39 Å². The standard InChI is InChI=1S/C33H34FNO/c1-4-22-9-7-8-10-24(19-22)27-13-11-26-21-23(17-18-35(5-2)6-3)20-25-12-14-28-29(15-16-30(28)36)31(25)32(26)33(27)34/h7,9-14,19-20H,4-6,15-18,21H2,1-3H3. The summed E-state index contributed by atoms with van der Waals surface area (Å²) >= 11 is 0. The Kier molecular flexibility index (Phi) is 7.05. The first-order valence-electron chi connectivity index (χ1n) is 13.3. The Labute approximate surface area is 214 Å². The van der Waals surface area contributed by atoms with Crippen LogP contribution in [0.25, 0.3) is 22.8 Å². The van der Waals surface area contributed by atoms with Crippen LogP contribution in [0.1, 0.15) is 72.6 Å². The van der Waals surface area contributed by atoms with Crippen LogP contribution in [0.2, 0.25) is 0 Å². The van der Waals surface area contributed by atoms with E-state index in [1.54, 1.807) is 0 Å². The molecule has 2 aromatic rings. The average molecular weight is 480 g/mol. The molecule has 0 radical (unpaired) electrons. The lowest BCUT2D eigenvalue weighted by atomic mass is 9.87. The molecule has 184 valence electrons. The number of halogens is 1. The van der Waals surface area contributed by atoms with E-state index in [0.29, 0.717) is 24.0 Å². The van der Waals surface area contributed by atoms with Gasteiger partial charge >= 0.3 is 0 Å². The van der Waals surface area contributed by atoms with Crippen LogP contribution in [-0.2, 0) is 12.8 Å². The highest BCUT2D eigenvalue weighted by Gasteiger charge is 2.29. The van der Waals surface area contributed by atoms with Gasteiger partial charge in [0.05, 0.1) is 0 Å². The summed E-state index contributed by atoms with van der Waals surface area (Å²) in [6.45, 7) is 9.53. The number of Topliss-reactive ketones (excluding diaryl/α,β-unsaturated/α-hetero) is 1. The number of rotatable bonds is 7. The fourth-order valence-corrected chi connectivity index (χ4v) is 5.71. The van der Waals surface area contributed by atoms with Gasteiger partial charge in [0.25, 0.3) is 0 Å². The molecule has 3 heteroatoms. The molecular formula is C33H34FNO. The van der Waals surface area contributed by atoms with E-state index in [2.05, 4.69) is 49.6 Å². The first-order valence-corrected chi connectivity index (χ1v) is 13.3. The van der Waals surface area contributed by atoms with Crippen molar-refractivity contribution in [3.63, 3.8) is 0 Å². The van der Waals surface area contributed by atoms with Crippen molar-refractivity contribution < 1.29 is 9.18 Å². The lowest BCUT2D eigenvalue weighted by Gasteiger charge is -2.19. The van der Waals surface area contributed by atoms with E-state index >= 15 is 4.39 Å². The minimum Gasteiger partial charge on any atom is -0.304 e. The summed E-state index contributed by atoms with van der Waals surface area (Å²) < 4.78 is 16.6. The second-order valence-corrected chi connectivity index (χ2v) is 9.87. The van der Waals surface area contributed by atoms with Gasteiger partial charge in [-0.15, -0.1) is 5.73 Å². The molecule has 3 aliphatic carbocycles. The van der Waals surface area contributed by atoms with E-state index in [1.165, 1.54) is 5.57 Å². The maximum Gasteiger partial charge on any atom is 0.163 e. The van der Waals surface area contributed by atoms with Gasteiger partial charge in [-0.25, -0.2) is 4.39 Å². The van der Waals surface area contributed by atoms with Gasteiger partial charge in [0.2, 0.25) is 0 Å². The maximum atomic E-state index is 16.6. The van der Waals surface area contributed by atoms with Crippen LogP contribution >= 0.6 is 0 Å². The number of benzene rings is 2. The van der Waals surface area contributed by atoms with Gasteiger partial charge in [0.1, 0.15) is 5.82 Å².